The van der Waals surface area contributed by atoms with Crippen LogP contribution in [-0.4, -0.2) is 60.9 Å². The Bertz CT molecular complexity index is 639. The number of carbonyl (C=O) groups excluding carboxylic acids is 2. The summed E-state index contributed by atoms with van der Waals surface area (Å²) in [5, 5.41) is 3.13. The Kier molecular flexibility index (Phi) is 5.37. The largest absolute Gasteiger partial charge is 0.354 e. The molecule has 2 amide bonds. The van der Waals surface area contributed by atoms with Gasteiger partial charge in [-0.2, -0.15) is 0 Å². The minimum Gasteiger partial charge on any atom is -0.354 e. The first-order valence-electron chi connectivity index (χ1n) is 9.64. The van der Waals surface area contributed by atoms with Gasteiger partial charge in [0.2, 0.25) is 11.8 Å². The monoisotopic (exact) mass is 357 g/mol. The molecule has 0 aromatic heterocycles. The quantitative estimate of drug-likeness (QED) is 0.877. The van der Waals surface area contributed by atoms with Gasteiger partial charge in [-0.1, -0.05) is 51.1 Å². The van der Waals surface area contributed by atoms with E-state index >= 15 is 0 Å². The highest BCUT2D eigenvalue weighted by Gasteiger charge is 2.44. The van der Waals surface area contributed by atoms with Crippen LogP contribution < -0.4 is 5.32 Å². The lowest BCUT2D eigenvalue weighted by molar-refractivity contribution is -0.141. The molecule has 1 saturated heterocycles. The summed E-state index contributed by atoms with van der Waals surface area (Å²) in [6, 6.07) is 10.5. The van der Waals surface area contributed by atoms with Gasteiger partial charge in [-0.15, -0.1) is 0 Å². The summed E-state index contributed by atoms with van der Waals surface area (Å²) in [4.78, 5) is 28.8. The Labute approximate surface area is 156 Å². The predicted molar refractivity (Wildman–Crippen MR) is 103 cm³/mol. The highest BCUT2D eigenvalue weighted by Crippen LogP contribution is 2.47. The van der Waals surface area contributed by atoms with Crippen molar-refractivity contribution >= 4 is 11.8 Å². The SMILES string of the molecule is CC(C)(C)C(=O)N1CCN(CC(=O)NCC2(c3ccccc3)CC2)CC1. The predicted octanol–water partition coefficient (Wildman–Crippen LogP) is 2.02. The molecule has 0 radical (unpaired) electrons. The maximum absolute atomic E-state index is 12.4. The normalized spacial score (nSPS) is 19.9. The molecule has 5 heteroatoms. The third kappa shape index (κ3) is 4.44. The maximum atomic E-state index is 12.4. The topological polar surface area (TPSA) is 52.7 Å². The smallest absolute Gasteiger partial charge is 0.234 e. The molecule has 26 heavy (non-hydrogen) atoms. The van der Waals surface area contributed by atoms with Gasteiger partial charge in [-0.05, 0) is 18.4 Å². The van der Waals surface area contributed by atoms with Crippen LogP contribution in [-0.2, 0) is 15.0 Å². The van der Waals surface area contributed by atoms with Crippen LogP contribution in [0.1, 0.15) is 39.2 Å². The van der Waals surface area contributed by atoms with Gasteiger partial charge in [0.25, 0.3) is 0 Å². The van der Waals surface area contributed by atoms with Gasteiger partial charge in [0, 0.05) is 43.6 Å². The first kappa shape index (κ1) is 18.9. The van der Waals surface area contributed by atoms with E-state index in [0.717, 1.165) is 32.5 Å². The molecule has 1 aliphatic heterocycles. The van der Waals surface area contributed by atoms with E-state index in [9.17, 15) is 9.59 Å². The Morgan fingerprint density at radius 1 is 1.04 bits per heavy atom. The van der Waals surface area contributed by atoms with E-state index < -0.39 is 0 Å². The lowest BCUT2D eigenvalue weighted by atomic mass is 9.94. The standard InChI is InChI=1S/C21H31N3O2/c1-20(2,3)19(26)24-13-11-23(12-14-24)15-18(25)22-16-21(9-10-21)17-7-5-4-6-8-17/h4-8H,9-16H2,1-3H3,(H,22,25). The fourth-order valence-corrected chi connectivity index (χ4v) is 3.62. The Morgan fingerprint density at radius 3 is 2.19 bits per heavy atom. The molecule has 1 saturated carbocycles. The minimum atomic E-state index is -0.338. The summed E-state index contributed by atoms with van der Waals surface area (Å²) in [5.41, 5.74) is 1.14. The molecule has 1 N–H and O–H groups in total. The zero-order valence-corrected chi connectivity index (χ0v) is 16.3. The van der Waals surface area contributed by atoms with Crippen molar-refractivity contribution in [2.45, 2.75) is 39.0 Å². The van der Waals surface area contributed by atoms with Gasteiger partial charge in [0.1, 0.15) is 0 Å². The number of carbonyl (C=O) groups is 2. The van der Waals surface area contributed by atoms with Crippen LogP contribution in [0.3, 0.4) is 0 Å². The van der Waals surface area contributed by atoms with Crippen LogP contribution in [0.4, 0.5) is 0 Å². The molecule has 2 aliphatic rings. The minimum absolute atomic E-state index is 0.0859. The summed E-state index contributed by atoms with van der Waals surface area (Å²) in [6.45, 7) is 9.94. The second-order valence-corrected chi connectivity index (χ2v) is 8.74. The summed E-state index contributed by atoms with van der Waals surface area (Å²) < 4.78 is 0. The second kappa shape index (κ2) is 7.39. The van der Waals surface area contributed by atoms with E-state index in [1.54, 1.807) is 0 Å². The van der Waals surface area contributed by atoms with E-state index in [4.69, 9.17) is 0 Å². The molecule has 0 unspecified atom stereocenters. The zero-order chi connectivity index (χ0) is 18.8. The van der Waals surface area contributed by atoms with Gasteiger partial charge >= 0.3 is 0 Å². The third-order valence-corrected chi connectivity index (χ3v) is 5.53. The third-order valence-electron chi connectivity index (χ3n) is 5.53. The Morgan fingerprint density at radius 2 is 1.65 bits per heavy atom. The van der Waals surface area contributed by atoms with Crippen LogP contribution in [0.25, 0.3) is 0 Å². The van der Waals surface area contributed by atoms with Gasteiger partial charge in [0.05, 0.1) is 6.54 Å². The van der Waals surface area contributed by atoms with Crippen LogP contribution in [0.5, 0.6) is 0 Å². The Balaban J connectivity index is 1.42. The molecule has 2 fully saturated rings. The van der Waals surface area contributed by atoms with E-state index in [-0.39, 0.29) is 22.6 Å². The Hall–Kier alpha value is -1.88. The van der Waals surface area contributed by atoms with E-state index in [1.807, 2.05) is 31.7 Å². The number of hydrogen-bond donors (Lipinski definition) is 1. The number of amides is 2. The lowest BCUT2D eigenvalue weighted by Gasteiger charge is -2.37. The molecular weight excluding hydrogens is 326 g/mol. The molecule has 0 spiro atoms. The molecule has 142 valence electrons. The van der Waals surface area contributed by atoms with Gasteiger partial charge in [-0.25, -0.2) is 0 Å². The van der Waals surface area contributed by atoms with Gasteiger partial charge in [-0.3, -0.25) is 14.5 Å². The number of hydrogen-bond acceptors (Lipinski definition) is 3. The number of rotatable bonds is 5. The van der Waals surface area contributed by atoms with E-state index in [2.05, 4.69) is 34.5 Å². The summed E-state index contributed by atoms with van der Waals surface area (Å²) in [5.74, 6) is 0.281. The molecule has 1 aromatic carbocycles. The van der Waals surface area contributed by atoms with Crippen LogP contribution in [0, 0.1) is 5.41 Å². The van der Waals surface area contributed by atoms with E-state index in [0.29, 0.717) is 19.6 Å². The molecule has 1 aliphatic carbocycles. The molecule has 5 nitrogen and oxygen atoms in total. The van der Waals surface area contributed by atoms with Crippen molar-refractivity contribution < 1.29 is 9.59 Å². The van der Waals surface area contributed by atoms with Crippen molar-refractivity contribution in [1.29, 1.82) is 0 Å². The zero-order valence-electron chi connectivity index (χ0n) is 16.3. The lowest BCUT2D eigenvalue weighted by Crippen LogP contribution is -2.53. The van der Waals surface area contributed by atoms with Crippen molar-refractivity contribution in [1.82, 2.24) is 15.1 Å². The molecule has 1 heterocycles. The van der Waals surface area contributed by atoms with Crippen LogP contribution in [0.2, 0.25) is 0 Å². The van der Waals surface area contributed by atoms with Crippen LogP contribution in [0.15, 0.2) is 30.3 Å². The van der Waals surface area contributed by atoms with Crippen molar-refractivity contribution in [2.24, 2.45) is 5.41 Å². The summed E-state index contributed by atoms with van der Waals surface area (Å²) in [7, 11) is 0. The number of benzene rings is 1. The van der Waals surface area contributed by atoms with Crippen molar-refractivity contribution in [2.75, 3.05) is 39.3 Å². The second-order valence-electron chi connectivity index (χ2n) is 8.74. The molecular formula is C21H31N3O2. The van der Waals surface area contributed by atoms with E-state index in [1.165, 1.54) is 5.56 Å². The fourth-order valence-electron chi connectivity index (χ4n) is 3.62. The first-order valence-corrected chi connectivity index (χ1v) is 9.64. The van der Waals surface area contributed by atoms with Crippen molar-refractivity contribution in [3.63, 3.8) is 0 Å². The highest BCUT2D eigenvalue weighted by molar-refractivity contribution is 5.81. The maximum Gasteiger partial charge on any atom is 0.234 e. The van der Waals surface area contributed by atoms with Gasteiger partial charge in [0.15, 0.2) is 0 Å². The highest BCUT2D eigenvalue weighted by atomic mass is 16.2. The van der Waals surface area contributed by atoms with Crippen LogP contribution >= 0.6 is 0 Å². The number of nitrogens with zero attached hydrogens (tertiary/aromatic N) is 2. The number of piperazine rings is 1. The number of nitrogens with one attached hydrogen (secondary N) is 1. The summed E-state index contributed by atoms with van der Waals surface area (Å²) in [6.07, 6.45) is 2.29. The summed E-state index contributed by atoms with van der Waals surface area (Å²) >= 11 is 0. The molecule has 3 rings (SSSR count). The molecule has 0 atom stereocenters. The van der Waals surface area contributed by atoms with Crippen molar-refractivity contribution in [3.05, 3.63) is 35.9 Å². The van der Waals surface area contributed by atoms with Gasteiger partial charge < -0.3 is 10.2 Å². The molecule has 1 aromatic rings. The van der Waals surface area contributed by atoms with Crippen molar-refractivity contribution in [3.8, 4) is 0 Å². The average molecular weight is 357 g/mol. The molecule has 0 bridgehead atoms. The average Bonchev–Trinajstić information content (AvgIpc) is 3.41. The fraction of sp³-hybridized carbons (Fsp3) is 0.619. The first-order chi connectivity index (χ1) is 12.3.